The van der Waals surface area contributed by atoms with Crippen LogP contribution in [-0.4, -0.2) is 20.2 Å². The number of hydrogen-bond acceptors (Lipinski definition) is 4. The van der Waals surface area contributed by atoms with Gasteiger partial charge < -0.3 is 10.6 Å². The molecule has 0 saturated heterocycles. The molecule has 0 bridgehead atoms. The summed E-state index contributed by atoms with van der Waals surface area (Å²) in [5, 5.41) is 5.60. The van der Waals surface area contributed by atoms with E-state index in [0.29, 0.717) is 22.0 Å². The number of anilines is 3. The number of sulfonamides is 1. The van der Waals surface area contributed by atoms with Crippen LogP contribution < -0.4 is 15.4 Å². The maximum atomic E-state index is 12.7. The summed E-state index contributed by atoms with van der Waals surface area (Å²) in [5.74, 6) is -1.84. The molecule has 2 aromatic carbocycles. The van der Waals surface area contributed by atoms with E-state index in [0.717, 1.165) is 0 Å². The average Bonchev–Trinajstić information content (AvgIpc) is 2.69. The molecule has 0 fully saturated rings. The highest BCUT2D eigenvalue weighted by molar-refractivity contribution is 7.92. The Bertz CT molecular complexity index is 1020. The van der Waals surface area contributed by atoms with Crippen LogP contribution in [0.25, 0.3) is 0 Å². The lowest BCUT2D eigenvalue weighted by Gasteiger charge is -2.13. The van der Waals surface area contributed by atoms with Gasteiger partial charge in [-0.05, 0) is 49.7 Å². The Kier molecular flexibility index (Phi) is 4.64. The molecule has 0 spiro atoms. The predicted molar refractivity (Wildman–Crippen MR) is 99.9 cm³/mol. The van der Waals surface area contributed by atoms with Gasteiger partial charge in [0.2, 0.25) is 11.8 Å². The summed E-state index contributed by atoms with van der Waals surface area (Å²) in [5.41, 5.74) is 1.52. The molecule has 9 heteroatoms. The van der Waals surface area contributed by atoms with Gasteiger partial charge in [-0.1, -0.05) is 17.7 Å². The second-order valence-corrected chi connectivity index (χ2v) is 8.02. The number of amides is 2. The minimum atomic E-state index is -3.92. The summed E-state index contributed by atoms with van der Waals surface area (Å²) in [4.78, 5) is 23.8. The van der Waals surface area contributed by atoms with Crippen LogP contribution in [0.2, 0.25) is 5.02 Å². The lowest BCUT2D eigenvalue weighted by atomic mass is 10.1. The van der Waals surface area contributed by atoms with Crippen molar-refractivity contribution in [1.29, 1.82) is 0 Å². The van der Waals surface area contributed by atoms with Gasteiger partial charge in [-0.3, -0.25) is 14.3 Å². The monoisotopic (exact) mass is 393 g/mol. The van der Waals surface area contributed by atoms with Gasteiger partial charge in [-0.2, -0.15) is 0 Å². The summed E-state index contributed by atoms with van der Waals surface area (Å²) in [7, 11) is -3.92. The van der Waals surface area contributed by atoms with E-state index >= 15 is 0 Å². The minimum Gasteiger partial charge on any atom is -0.324 e. The molecule has 1 heterocycles. The smallest absolute Gasteiger partial charge is 0.261 e. The molecule has 0 radical (unpaired) electrons. The Labute approximate surface area is 155 Å². The Morgan fingerprint density at radius 2 is 1.69 bits per heavy atom. The van der Waals surface area contributed by atoms with Gasteiger partial charge in [-0.25, -0.2) is 8.42 Å². The molecule has 0 aliphatic carbocycles. The highest BCUT2D eigenvalue weighted by atomic mass is 35.5. The number of hydrogen-bond donors (Lipinski definition) is 3. The van der Waals surface area contributed by atoms with Gasteiger partial charge in [-0.15, -0.1) is 0 Å². The number of carbonyl (C=O) groups is 2. The average molecular weight is 394 g/mol. The van der Waals surface area contributed by atoms with Crippen LogP contribution in [-0.2, 0) is 19.6 Å². The molecule has 7 nitrogen and oxygen atoms in total. The second kappa shape index (κ2) is 6.62. The molecule has 26 heavy (non-hydrogen) atoms. The zero-order chi connectivity index (χ0) is 19.1. The molecule has 1 aliphatic heterocycles. The van der Waals surface area contributed by atoms with Gasteiger partial charge in [0.15, 0.2) is 0 Å². The quantitative estimate of drug-likeness (QED) is 0.697. The zero-order valence-electron chi connectivity index (χ0n) is 14.0. The number of nitrogens with one attached hydrogen (secondary N) is 3. The lowest BCUT2D eigenvalue weighted by Crippen LogP contribution is -2.28. The number of halogens is 1. The third-order valence-electron chi connectivity index (χ3n) is 4.12. The van der Waals surface area contributed by atoms with Crippen LogP contribution in [0.5, 0.6) is 0 Å². The summed E-state index contributed by atoms with van der Waals surface area (Å²) < 4.78 is 27.9. The van der Waals surface area contributed by atoms with Gasteiger partial charge in [0, 0.05) is 5.02 Å². The fourth-order valence-corrected chi connectivity index (χ4v) is 3.75. The molecule has 0 aromatic heterocycles. The van der Waals surface area contributed by atoms with Crippen LogP contribution in [0.4, 0.5) is 17.1 Å². The third kappa shape index (κ3) is 3.38. The Morgan fingerprint density at radius 3 is 2.38 bits per heavy atom. The lowest BCUT2D eigenvalue weighted by molar-refractivity contribution is -0.128. The molecule has 1 atom stereocenters. The fourth-order valence-electron chi connectivity index (χ4n) is 2.43. The first-order valence-corrected chi connectivity index (χ1v) is 9.59. The Hall–Kier alpha value is -2.58. The number of benzene rings is 2. The first kappa shape index (κ1) is 18.2. The Morgan fingerprint density at radius 1 is 1.04 bits per heavy atom. The van der Waals surface area contributed by atoms with Crippen molar-refractivity contribution in [3.05, 3.63) is 47.0 Å². The number of fused-ring (bicyclic) bond motifs is 1. The van der Waals surface area contributed by atoms with E-state index in [1.54, 1.807) is 25.1 Å². The molecule has 1 aliphatic rings. The summed E-state index contributed by atoms with van der Waals surface area (Å²) >= 11 is 6.02. The third-order valence-corrected chi connectivity index (χ3v) is 5.89. The summed E-state index contributed by atoms with van der Waals surface area (Å²) in [6.45, 7) is 3.17. The summed E-state index contributed by atoms with van der Waals surface area (Å²) in [6, 6.07) is 8.99. The summed E-state index contributed by atoms with van der Waals surface area (Å²) in [6.07, 6.45) is 0. The SMILES string of the molecule is Cc1c(Cl)cccc1NS(=O)(=O)c1ccc2c(c1)NC(=O)C(C)C(=O)N2. The van der Waals surface area contributed by atoms with E-state index in [9.17, 15) is 18.0 Å². The molecule has 0 saturated carbocycles. The molecular formula is C17H16ClN3O4S. The molecule has 136 valence electrons. The van der Waals surface area contributed by atoms with Gasteiger partial charge in [0.1, 0.15) is 5.92 Å². The van der Waals surface area contributed by atoms with Gasteiger partial charge in [0.25, 0.3) is 10.0 Å². The minimum absolute atomic E-state index is 0.0558. The number of carbonyl (C=O) groups excluding carboxylic acids is 2. The van der Waals surface area contributed by atoms with E-state index in [1.165, 1.54) is 25.1 Å². The second-order valence-electron chi connectivity index (χ2n) is 5.93. The van der Waals surface area contributed by atoms with Crippen molar-refractivity contribution < 1.29 is 18.0 Å². The van der Waals surface area contributed by atoms with E-state index in [-0.39, 0.29) is 10.6 Å². The van der Waals surface area contributed by atoms with E-state index in [1.807, 2.05) is 0 Å². The molecule has 3 rings (SSSR count). The fraction of sp³-hybridized carbons (Fsp3) is 0.176. The van der Waals surface area contributed by atoms with Crippen LogP contribution in [0.15, 0.2) is 41.3 Å². The van der Waals surface area contributed by atoms with E-state index in [4.69, 9.17) is 11.6 Å². The largest absolute Gasteiger partial charge is 0.324 e. The topological polar surface area (TPSA) is 104 Å². The van der Waals surface area contributed by atoms with Crippen molar-refractivity contribution in [2.75, 3.05) is 15.4 Å². The van der Waals surface area contributed by atoms with Crippen LogP contribution >= 0.6 is 11.6 Å². The van der Waals surface area contributed by atoms with Gasteiger partial charge in [0.05, 0.1) is 22.0 Å². The molecule has 2 amide bonds. The van der Waals surface area contributed by atoms with Crippen LogP contribution in [0.1, 0.15) is 12.5 Å². The van der Waals surface area contributed by atoms with E-state index in [2.05, 4.69) is 15.4 Å². The zero-order valence-corrected chi connectivity index (χ0v) is 15.5. The number of rotatable bonds is 3. The first-order valence-electron chi connectivity index (χ1n) is 7.73. The maximum Gasteiger partial charge on any atom is 0.261 e. The van der Waals surface area contributed by atoms with Crippen molar-refractivity contribution in [2.45, 2.75) is 18.7 Å². The van der Waals surface area contributed by atoms with Crippen molar-refractivity contribution in [2.24, 2.45) is 5.92 Å². The molecule has 2 aromatic rings. The van der Waals surface area contributed by atoms with Crippen LogP contribution in [0, 0.1) is 12.8 Å². The molecular weight excluding hydrogens is 378 g/mol. The normalized spacial score (nSPS) is 17.0. The van der Waals surface area contributed by atoms with E-state index < -0.39 is 27.8 Å². The van der Waals surface area contributed by atoms with Crippen molar-refractivity contribution in [3.8, 4) is 0 Å². The van der Waals surface area contributed by atoms with Gasteiger partial charge >= 0.3 is 0 Å². The Balaban J connectivity index is 1.97. The van der Waals surface area contributed by atoms with Crippen molar-refractivity contribution in [3.63, 3.8) is 0 Å². The van der Waals surface area contributed by atoms with Crippen LogP contribution in [0.3, 0.4) is 0 Å². The predicted octanol–water partition coefficient (Wildman–Crippen LogP) is 2.98. The highest BCUT2D eigenvalue weighted by Gasteiger charge is 2.28. The highest BCUT2D eigenvalue weighted by Crippen LogP contribution is 2.30. The van der Waals surface area contributed by atoms with Crippen molar-refractivity contribution >= 4 is 50.5 Å². The first-order chi connectivity index (χ1) is 12.2. The maximum absolute atomic E-state index is 12.7. The molecule has 1 unspecified atom stereocenters. The molecule has 3 N–H and O–H groups in total. The van der Waals surface area contributed by atoms with Crippen molar-refractivity contribution in [1.82, 2.24) is 0 Å². The standard InChI is InChI=1S/C17H16ClN3O4S/c1-9-12(18)4-3-5-13(9)21-26(24,25)11-6-7-14-15(8-11)20-17(23)10(2)16(22)19-14/h3-8,10,21H,1-2H3,(H,19,22)(H,20,23).